The predicted molar refractivity (Wildman–Crippen MR) is 98.2 cm³/mol. The Morgan fingerprint density at radius 1 is 1.23 bits per heavy atom. The molecule has 2 amide bonds. The van der Waals surface area contributed by atoms with Crippen molar-refractivity contribution in [2.45, 2.75) is 25.4 Å². The van der Waals surface area contributed by atoms with Crippen molar-refractivity contribution in [1.82, 2.24) is 5.32 Å². The Labute approximate surface area is 152 Å². The lowest BCUT2D eigenvalue weighted by atomic mass is 10.0. The van der Waals surface area contributed by atoms with Gasteiger partial charge in [-0.1, -0.05) is 29.8 Å². The van der Waals surface area contributed by atoms with E-state index in [2.05, 4.69) is 5.32 Å². The smallest absolute Gasteiger partial charge is 0.244 e. The molecular weight excluding hydrogens is 328 g/mol. The molecule has 26 heavy (non-hydrogen) atoms. The molecule has 2 aromatic rings. The molecule has 6 heteroatoms. The van der Waals surface area contributed by atoms with Gasteiger partial charge in [-0.25, -0.2) is 0 Å². The van der Waals surface area contributed by atoms with E-state index in [0.29, 0.717) is 24.1 Å². The van der Waals surface area contributed by atoms with Crippen molar-refractivity contribution in [2.75, 3.05) is 11.4 Å². The average Bonchev–Trinajstić information content (AvgIpc) is 3.01. The van der Waals surface area contributed by atoms with Gasteiger partial charge in [-0.3, -0.25) is 14.9 Å². The third kappa shape index (κ3) is 3.58. The fraction of sp³-hybridized carbons (Fsp3) is 0.250. The van der Waals surface area contributed by atoms with E-state index in [9.17, 15) is 9.59 Å². The van der Waals surface area contributed by atoms with Gasteiger partial charge >= 0.3 is 0 Å². The van der Waals surface area contributed by atoms with Gasteiger partial charge in [-0.15, -0.1) is 0 Å². The minimum Gasteiger partial charge on any atom is -0.368 e. The molecule has 2 atom stereocenters. The molecule has 1 heterocycles. The van der Waals surface area contributed by atoms with Gasteiger partial charge in [-0.05, 0) is 43.2 Å². The molecule has 1 aliphatic heterocycles. The van der Waals surface area contributed by atoms with Gasteiger partial charge in [0.15, 0.2) is 0 Å². The van der Waals surface area contributed by atoms with Crippen LogP contribution in [0.5, 0.6) is 0 Å². The van der Waals surface area contributed by atoms with E-state index in [4.69, 9.17) is 11.0 Å². The second-order valence-electron chi connectivity index (χ2n) is 6.40. The van der Waals surface area contributed by atoms with Gasteiger partial charge in [0.25, 0.3) is 0 Å². The molecular formula is C20H20N4O2. The van der Waals surface area contributed by atoms with Crippen molar-refractivity contribution in [1.29, 1.82) is 5.26 Å². The van der Waals surface area contributed by atoms with Crippen LogP contribution < -0.4 is 16.0 Å². The number of hydrogen-bond acceptors (Lipinski definition) is 4. The van der Waals surface area contributed by atoms with Gasteiger partial charge in [0.1, 0.15) is 6.04 Å². The first-order chi connectivity index (χ1) is 12.5. The Morgan fingerprint density at radius 2 is 1.88 bits per heavy atom. The average molecular weight is 348 g/mol. The highest BCUT2D eigenvalue weighted by Crippen LogP contribution is 2.24. The van der Waals surface area contributed by atoms with Crippen molar-refractivity contribution in [2.24, 2.45) is 5.73 Å². The molecule has 3 N–H and O–H groups in total. The number of nitrogens with two attached hydrogens (primary N) is 1. The van der Waals surface area contributed by atoms with Crippen molar-refractivity contribution in [3.8, 4) is 6.07 Å². The largest absolute Gasteiger partial charge is 0.368 e. The summed E-state index contributed by atoms with van der Waals surface area (Å²) >= 11 is 0. The van der Waals surface area contributed by atoms with Crippen LogP contribution >= 0.6 is 0 Å². The molecule has 0 spiro atoms. The Bertz CT molecular complexity index is 853. The zero-order valence-electron chi connectivity index (χ0n) is 14.5. The highest BCUT2D eigenvalue weighted by Gasteiger charge is 2.35. The highest BCUT2D eigenvalue weighted by molar-refractivity contribution is 5.99. The van der Waals surface area contributed by atoms with Crippen molar-refractivity contribution in [3.05, 3.63) is 65.2 Å². The molecule has 0 aromatic heterocycles. The predicted octanol–water partition coefficient (Wildman–Crippen LogP) is 1.79. The molecule has 0 unspecified atom stereocenters. The maximum absolute atomic E-state index is 12.7. The van der Waals surface area contributed by atoms with Gasteiger partial charge < -0.3 is 10.6 Å². The molecule has 1 aliphatic rings. The second-order valence-corrected chi connectivity index (χ2v) is 6.40. The number of benzene rings is 2. The summed E-state index contributed by atoms with van der Waals surface area (Å²) in [5.74, 6) is -0.634. The van der Waals surface area contributed by atoms with E-state index in [1.807, 2.05) is 37.3 Å². The summed E-state index contributed by atoms with van der Waals surface area (Å²) in [7, 11) is 0. The Morgan fingerprint density at radius 3 is 2.46 bits per heavy atom. The molecule has 132 valence electrons. The van der Waals surface area contributed by atoms with Crippen LogP contribution in [-0.4, -0.2) is 24.4 Å². The first kappa shape index (κ1) is 17.6. The number of aryl methyl sites for hydroxylation is 1. The zero-order valence-corrected chi connectivity index (χ0v) is 14.5. The van der Waals surface area contributed by atoms with E-state index < -0.39 is 18.0 Å². The topological polar surface area (TPSA) is 99.2 Å². The van der Waals surface area contributed by atoms with Crippen molar-refractivity contribution < 1.29 is 9.59 Å². The lowest BCUT2D eigenvalue weighted by Gasteiger charge is -2.21. The van der Waals surface area contributed by atoms with E-state index in [1.165, 1.54) is 0 Å². The molecule has 2 aromatic carbocycles. The van der Waals surface area contributed by atoms with E-state index in [1.54, 1.807) is 29.2 Å². The van der Waals surface area contributed by atoms with Crippen LogP contribution in [0.4, 0.5) is 5.69 Å². The second kappa shape index (κ2) is 7.38. The fourth-order valence-electron chi connectivity index (χ4n) is 3.11. The third-order valence-corrected chi connectivity index (χ3v) is 4.58. The molecule has 0 aliphatic carbocycles. The summed E-state index contributed by atoms with van der Waals surface area (Å²) in [5.41, 5.74) is 8.65. The summed E-state index contributed by atoms with van der Waals surface area (Å²) in [6.07, 6.45) is 0.590. The molecule has 3 rings (SSSR count). The van der Waals surface area contributed by atoms with Crippen LogP contribution in [0.15, 0.2) is 48.5 Å². The summed E-state index contributed by atoms with van der Waals surface area (Å²) in [6, 6.07) is 15.1. The number of nitrogens with one attached hydrogen (secondary N) is 1. The SMILES string of the molecule is Cc1ccc(N2CC[C@@H](N[C@@H](C(N)=O)c3ccc(C#N)cc3)C2=O)cc1. The van der Waals surface area contributed by atoms with Crippen LogP contribution in [0, 0.1) is 18.3 Å². The number of nitrogens with zero attached hydrogens (tertiary/aromatic N) is 2. The summed E-state index contributed by atoms with van der Waals surface area (Å²) in [5, 5.41) is 12.0. The van der Waals surface area contributed by atoms with Gasteiger partial charge in [0.2, 0.25) is 11.8 Å². The molecule has 0 saturated carbocycles. The molecule has 0 bridgehead atoms. The maximum atomic E-state index is 12.7. The number of carbonyl (C=O) groups excluding carboxylic acids is 2. The highest BCUT2D eigenvalue weighted by atomic mass is 16.2. The van der Waals surface area contributed by atoms with Crippen LogP contribution in [0.3, 0.4) is 0 Å². The number of nitriles is 1. The number of amides is 2. The first-order valence-corrected chi connectivity index (χ1v) is 8.43. The monoisotopic (exact) mass is 348 g/mol. The summed E-state index contributed by atoms with van der Waals surface area (Å²) in [4.78, 5) is 26.4. The summed E-state index contributed by atoms with van der Waals surface area (Å²) < 4.78 is 0. The Kier molecular flexibility index (Phi) is 5.01. The van der Waals surface area contributed by atoms with Crippen LogP contribution in [0.2, 0.25) is 0 Å². The third-order valence-electron chi connectivity index (χ3n) is 4.58. The van der Waals surface area contributed by atoms with Crippen LogP contribution in [0.25, 0.3) is 0 Å². The van der Waals surface area contributed by atoms with Gasteiger partial charge in [0.05, 0.1) is 17.7 Å². The van der Waals surface area contributed by atoms with E-state index in [-0.39, 0.29) is 5.91 Å². The first-order valence-electron chi connectivity index (χ1n) is 8.43. The van der Waals surface area contributed by atoms with Crippen molar-refractivity contribution >= 4 is 17.5 Å². The number of carbonyl (C=O) groups is 2. The standard InChI is InChI=1S/C20H20N4O2/c1-13-2-8-16(9-3-13)24-11-10-17(20(24)26)23-18(19(22)25)15-6-4-14(12-21)5-7-15/h2-9,17-18,23H,10-11H2,1H3,(H2,22,25)/t17-,18-/m1/s1. The Hall–Kier alpha value is -3.17. The minimum absolute atomic E-state index is 0.0752. The molecule has 1 saturated heterocycles. The number of primary amides is 1. The molecule has 1 fully saturated rings. The van der Waals surface area contributed by atoms with E-state index >= 15 is 0 Å². The normalized spacial score (nSPS) is 17.8. The fourth-order valence-corrected chi connectivity index (χ4v) is 3.11. The van der Waals surface area contributed by atoms with Crippen molar-refractivity contribution in [3.63, 3.8) is 0 Å². The van der Waals surface area contributed by atoms with E-state index in [0.717, 1.165) is 11.3 Å². The minimum atomic E-state index is -0.783. The van der Waals surface area contributed by atoms with Gasteiger partial charge in [0, 0.05) is 12.2 Å². The molecule has 6 nitrogen and oxygen atoms in total. The number of hydrogen-bond donors (Lipinski definition) is 2. The lowest BCUT2D eigenvalue weighted by molar-refractivity contribution is -0.121. The maximum Gasteiger partial charge on any atom is 0.244 e. The summed E-state index contributed by atoms with van der Waals surface area (Å²) in [6.45, 7) is 2.58. The zero-order chi connectivity index (χ0) is 18.7. The molecule has 0 radical (unpaired) electrons. The Balaban J connectivity index is 1.75. The van der Waals surface area contributed by atoms with Gasteiger partial charge in [-0.2, -0.15) is 5.26 Å². The van der Waals surface area contributed by atoms with Crippen LogP contribution in [-0.2, 0) is 9.59 Å². The number of anilines is 1. The number of rotatable bonds is 5. The lowest BCUT2D eigenvalue weighted by Crippen LogP contribution is -2.44. The quantitative estimate of drug-likeness (QED) is 0.860. The van der Waals surface area contributed by atoms with Crippen LogP contribution in [0.1, 0.15) is 29.2 Å².